The quantitative estimate of drug-likeness (QED) is 0.727. The van der Waals surface area contributed by atoms with Crippen LogP contribution in [0.4, 0.5) is 0 Å². The smallest absolute Gasteiger partial charge is 0.360 e. The van der Waals surface area contributed by atoms with Crippen LogP contribution >= 0.6 is 18.9 Å². The van der Waals surface area contributed by atoms with Crippen LogP contribution in [0.15, 0.2) is 52.7 Å². The van der Waals surface area contributed by atoms with E-state index in [0.717, 1.165) is 10.4 Å². The van der Waals surface area contributed by atoms with Gasteiger partial charge in [-0.1, -0.05) is 6.07 Å². The van der Waals surface area contributed by atoms with Gasteiger partial charge in [-0.2, -0.15) is 0 Å². The molecule has 20 heavy (non-hydrogen) atoms. The Morgan fingerprint density at radius 1 is 1.20 bits per heavy atom. The normalized spacial score (nSPS) is 11.7. The van der Waals surface area contributed by atoms with E-state index in [1.165, 1.54) is 18.5 Å². The Kier molecular flexibility index (Phi) is 3.31. The fourth-order valence-corrected chi connectivity index (χ4v) is 3.30. The molecule has 0 unspecified atom stereocenters. The molecule has 0 aromatic carbocycles. The second-order valence-corrected chi connectivity index (χ2v) is 6.64. The molecule has 2 N–H and O–H groups in total. The van der Waals surface area contributed by atoms with Gasteiger partial charge in [-0.25, -0.2) is 0 Å². The van der Waals surface area contributed by atoms with Crippen LogP contribution in [0.5, 0.6) is 0 Å². The monoisotopic (exact) mass is 307 g/mol. The van der Waals surface area contributed by atoms with Crippen molar-refractivity contribution in [1.29, 1.82) is 0 Å². The Hall–Kier alpha value is -1.72. The van der Waals surface area contributed by atoms with Gasteiger partial charge in [0.2, 0.25) is 0 Å². The summed E-state index contributed by atoms with van der Waals surface area (Å²) < 4.78 is 16.6. The Morgan fingerprint density at radius 3 is 2.70 bits per heavy atom. The maximum atomic E-state index is 11.4. The summed E-state index contributed by atoms with van der Waals surface area (Å²) in [6.45, 7) is 0. The number of thiophene rings is 1. The van der Waals surface area contributed by atoms with E-state index in [9.17, 15) is 14.4 Å². The summed E-state index contributed by atoms with van der Waals surface area (Å²) >= 11 is 1.57. The van der Waals surface area contributed by atoms with Crippen LogP contribution in [-0.2, 0) is 4.57 Å². The summed E-state index contributed by atoms with van der Waals surface area (Å²) in [5, 5.41) is 1.83. The maximum Gasteiger partial charge on any atom is 0.360 e. The van der Waals surface area contributed by atoms with Crippen molar-refractivity contribution in [2.45, 2.75) is 0 Å². The summed E-state index contributed by atoms with van der Waals surface area (Å²) in [5.41, 5.74) is 1.42. The zero-order chi connectivity index (χ0) is 14.2. The standard InChI is InChI=1S/C13H10NO4PS/c15-19(16,17)11-3-4-18-13(11)10-6-9(7-14-8-10)12-2-1-5-20-12/h1-8H,(H2,15,16,17). The van der Waals surface area contributed by atoms with Crippen molar-refractivity contribution < 1.29 is 18.8 Å². The average molecular weight is 307 g/mol. The highest BCUT2D eigenvalue weighted by molar-refractivity contribution is 7.60. The lowest BCUT2D eigenvalue weighted by Crippen LogP contribution is -2.03. The number of pyridine rings is 1. The number of rotatable bonds is 3. The fraction of sp³-hybridized carbons (Fsp3) is 0. The van der Waals surface area contributed by atoms with E-state index in [0.29, 0.717) is 5.56 Å². The van der Waals surface area contributed by atoms with E-state index in [2.05, 4.69) is 4.98 Å². The van der Waals surface area contributed by atoms with Gasteiger partial charge in [-0.3, -0.25) is 9.55 Å². The number of hydrogen-bond donors (Lipinski definition) is 2. The molecule has 0 aliphatic carbocycles. The molecule has 0 bridgehead atoms. The van der Waals surface area contributed by atoms with Crippen molar-refractivity contribution in [2.75, 3.05) is 0 Å². The molecule has 0 saturated carbocycles. The molecule has 7 heteroatoms. The number of hydrogen-bond acceptors (Lipinski definition) is 4. The third-order valence-electron chi connectivity index (χ3n) is 2.76. The minimum absolute atomic E-state index is 0.123. The SMILES string of the molecule is O=P(O)(O)c1ccoc1-c1cncc(-c2cccs2)c1. The van der Waals surface area contributed by atoms with Crippen molar-refractivity contribution in [2.24, 2.45) is 0 Å². The van der Waals surface area contributed by atoms with E-state index < -0.39 is 7.60 Å². The van der Waals surface area contributed by atoms with Crippen molar-refractivity contribution >= 4 is 24.2 Å². The summed E-state index contributed by atoms with van der Waals surface area (Å²) in [5.74, 6) is 0.157. The molecule has 0 aliphatic rings. The van der Waals surface area contributed by atoms with Gasteiger partial charge in [0.05, 0.1) is 6.26 Å². The Morgan fingerprint density at radius 2 is 2.00 bits per heavy atom. The van der Waals surface area contributed by atoms with Crippen LogP contribution < -0.4 is 5.30 Å². The van der Waals surface area contributed by atoms with Crippen molar-refractivity contribution in [1.82, 2.24) is 4.98 Å². The van der Waals surface area contributed by atoms with Crippen molar-refractivity contribution in [3.63, 3.8) is 0 Å². The molecular weight excluding hydrogens is 297 g/mol. The molecule has 3 aromatic heterocycles. The molecular formula is C13H10NO4PS. The second-order valence-electron chi connectivity index (χ2n) is 4.12. The van der Waals surface area contributed by atoms with E-state index >= 15 is 0 Å². The first-order valence-electron chi connectivity index (χ1n) is 5.68. The van der Waals surface area contributed by atoms with Crippen molar-refractivity contribution in [3.05, 3.63) is 48.3 Å². The minimum atomic E-state index is -4.37. The lowest BCUT2D eigenvalue weighted by atomic mass is 10.1. The van der Waals surface area contributed by atoms with Gasteiger partial charge in [-0.15, -0.1) is 11.3 Å². The van der Waals surface area contributed by atoms with Crippen LogP contribution in [0.3, 0.4) is 0 Å². The van der Waals surface area contributed by atoms with Gasteiger partial charge in [0, 0.05) is 28.4 Å². The number of furan rings is 1. The van der Waals surface area contributed by atoms with Gasteiger partial charge in [0.15, 0.2) is 5.76 Å². The third-order valence-corrected chi connectivity index (χ3v) is 4.66. The molecule has 3 aromatic rings. The molecule has 102 valence electrons. The van der Waals surface area contributed by atoms with Gasteiger partial charge in [0.25, 0.3) is 0 Å². The lowest BCUT2D eigenvalue weighted by molar-refractivity contribution is 0.387. The van der Waals surface area contributed by atoms with Crippen molar-refractivity contribution in [3.8, 4) is 21.8 Å². The first kappa shape index (κ1) is 13.3. The van der Waals surface area contributed by atoms with Crippen LogP contribution in [0, 0.1) is 0 Å². The third kappa shape index (κ3) is 2.46. The predicted molar refractivity (Wildman–Crippen MR) is 76.9 cm³/mol. The van der Waals surface area contributed by atoms with Crippen LogP contribution in [0.25, 0.3) is 21.8 Å². The van der Waals surface area contributed by atoms with Gasteiger partial charge >= 0.3 is 7.60 Å². The Balaban J connectivity index is 2.10. The lowest BCUT2D eigenvalue weighted by Gasteiger charge is -2.05. The molecule has 3 heterocycles. The average Bonchev–Trinajstić information content (AvgIpc) is 3.10. The highest BCUT2D eigenvalue weighted by Crippen LogP contribution is 2.39. The maximum absolute atomic E-state index is 11.4. The predicted octanol–water partition coefficient (Wildman–Crippen LogP) is 2.87. The Bertz CT molecular complexity index is 775. The summed E-state index contributed by atoms with van der Waals surface area (Å²) in [4.78, 5) is 23.8. The van der Waals surface area contributed by atoms with Gasteiger partial charge in [-0.05, 0) is 23.6 Å². The fourth-order valence-electron chi connectivity index (χ4n) is 1.89. The van der Waals surface area contributed by atoms with E-state index in [-0.39, 0.29) is 11.1 Å². The first-order chi connectivity index (χ1) is 9.55. The van der Waals surface area contributed by atoms with Gasteiger partial charge in [0.1, 0.15) is 5.30 Å². The summed E-state index contributed by atoms with van der Waals surface area (Å²) in [6.07, 6.45) is 4.49. The van der Waals surface area contributed by atoms with Crippen LogP contribution in [0.1, 0.15) is 0 Å². The zero-order valence-electron chi connectivity index (χ0n) is 10.1. The first-order valence-corrected chi connectivity index (χ1v) is 8.18. The molecule has 3 rings (SSSR count). The Labute approximate surface area is 118 Å². The molecule has 0 radical (unpaired) electrons. The van der Waals surface area contributed by atoms with Crippen LogP contribution in [0.2, 0.25) is 0 Å². The molecule has 0 amide bonds. The summed E-state index contributed by atoms with van der Waals surface area (Å²) in [6, 6.07) is 6.98. The highest BCUT2D eigenvalue weighted by Gasteiger charge is 2.25. The number of nitrogens with zero attached hydrogens (tertiary/aromatic N) is 1. The van der Waals surface area contributed by atoms with Gasteiger partial charge < -0.3 is 14.2 Å². The zero-order valence-corrected chi connectivity index (χ0v) is 11.8. The topological polar surface area (TPSA) is 83.6 Å². The van der Waals surface area contributed by atoms with E-state index in [4.69, 9.17) is 4.42 Å². The highest BCUT2D eigenvalue weighted by atomic mass is 32.1. The number of aromatic nitrogens is 1. The molecule has 0 saturated heterocycles. The molecule has 5 nitrogen and oxygen atoms in total. The minimum Gasteiger partial charge on any atom is -0.463 e. The molecule has 0 fully saturated rings. The largest absolute Gasteiger partial charge is 0.463 e. The molecule has 0 aliphatic heterocycles. The molecule has 0 spiro atoms. The molecule has 0 atom stereocenters. The van der Waals surface area contributed by atoms with E-state index in [1.54, 1.807) is 23.6 Å². The second kappa shape index (κ2) is 5.00. The summed E-state index contributed by atoms with van der Waals surface area (Å²) in [7, 11) is -4.37. The van der Waals surface area contributed by atoms with E-state index in [1.807, 2.05) is 17.5 Å². The van der Waals surface area contributed by atoms with Crippen LogP contribution in [-0.4, -0.2) is 14.8 Å².